The number of nitrogens with one attached hydrogen (secondary N) is 1. The molecular weight excluding hydrogens is 453 g/mol. The van der Waals surface area contributed by atoms with E-state index in [0.29, 0.717) is 18.8 Å². The average molecular weight is 480 g/mol. The van der Waals surface area contributed by atoms with Crippen molar-refractivity contribution in [2.45, 2.75) is 57.3 Å². The molecule has 1 aromatic carbocycles. The zero-order valence-electron chi connectivity index (χ0n) is 19.3. The molecule has 0 spiro atoms. The highest BCUT2D eigenvalue weighted by molar-refractivity contribution is 6.14. The molecule has 1 saturated heterocycles. The van der Waals surface area contributed by atoms with Crippen LogP contribution in [0.1, 0.15) is 49.9 Å². The smallest absolute Gasteiger partial charge is 0.425 e. The first-order valence-corrected chi connectivity index (χ1v) is 11.1. The molecule has 2 atom stereocenters. The van der Waals surface area contributed by atoms with Crippen molar-refractivity contribution in [3.63, 3.8) is 0 Å². The van der Waals surface area contributed by atoms with Crippen LogP contribution in [-0.4, -0.2) is 60.6 Å². The van der Waals surface area contributed by atoms with Gasteiger partial charge in [0.25, 0.3) is 11.8 Å². The lowest BCUT2D eigenvalue weighted by atomic mass is 9.72. The van der Waals surface area contributed by atoms with E-state index < -0.39 is 46.4 Å². The summed E-state index contributed by atoms with van der Waals surface area (Å²) in [6.45, 7) is 3.90. The molecule has 0 aromatic heterocycles. The fourth-order valence-electron chi connectivity index (χ4n) is 5.00. The zero-order chi connectivity index (χ0) is 24.9. The van der Waals surface area contributed by atoms with Gasteiger partial charge in [-0.25, -0.2) is 0 Å². The normalized spacial score (nSPS) is 26.6. The van der Waals surface area contributed by atoms with Crippen LogP contribution in [-0.2, 0) is 14.3 Å². The van der Waals surface area contributed by atoms with Gasteiger partial charge in [0.1, 0.15) is 5.75 Å². The summed E-state index contributed by atoms with van der Waals surface area (Å²) in [4.78, 5) is 40.7. The van der Waals surface area contributed by atoms with Crippen LogP contribution in [0.15, 0.2) is 35.5 Å². The second-order valence-electron chi connectivity index (χ2n) is 9.74. The number of benzene rings is 1. The van der Waals surface area contributed by atoms with Crippen molar-refractivity contribution in [1.29, 1.82) is 0 Å². The summed E-state index contributed by atoms with van der Waals surface area (Å²) in [6, 6.07) is 5.44. The number of Topliss-reactive ketones (excluding diaryl/α,β-unsaturated/α-hetero) is 1. The molecule has 2 aliphatic heterocycles. The van der Waals surface area contributed by atoms with Crippen molar-refractivity contribution in [3.05, 3.63) is 41.1 Å². The zero-order valence-corrected chi connectivity index (χ0v) is 19.3. The fourth-order valence-corrected chi connectivity index (χ4v) is 5.00. The Balaban J connectivity index is 1.81. The van der Waals surface area contributed by atoms with E-state index in [1.54, 1.807) is 13.8 Å². The summed E-state index contributed by atoms with van der Waals surface area (Å²) in [7, 11) is 1.41. The molecule has 184 valence electrons. The molecule has 3 aliphatic rings. The van der Waals surface area contributed by atoms with Gasteiger partial charge in [-0.1, -0.05) is 13.8 Å². The summed E-state index contributed by atoms with van der Waals surface area (Å²) in [6.07, 6.45) is -4.40. The molecule has 2 amide bonds. The minimum atomic E-state index is -5.24. The first-order chi connectivity index (χ1) is 15.9. The summed E-state index contributed by atoms with van der Waals surface area (Å²) >= 11 is 0. The Bertz CT molecular complexity index is 1040. The molecule has 1 fully saturated rings. The lowest BCUT2D eigenvalue weighted by Gasteiger charge is -2.35. The third kappa shape index (κ3) is 3.97. The number of hydrogen-bond acceptors (Lipinski definition) is 5. The van der Waals surface area contributed by atoms with Crippen molar-refractivity contribution in [3.8, 4) is 5.75 Å². The summed E-state index contributed by atoms with van der Waals surface area (Å²) < 4.78 is 54.9. The number of carbonyl (C=O) groups excluding carboxylic acids is 3. The molecule has 4 rings (SSSR count). The standard InChI is InChI=1S/C24H27F3N2O5/c1-22(2)11-17-19(18(30)12-22)23(24(25,26)27,21(32)29(17)13-16-5-4-10-34-16)28-20(31)14-6-8-15(33-3)9-7-14/h6-9,16H,4-5,10-13H2,1-3H3,(H,28,31)/t16-,23+/m1/s1. The lowest BCUT2D eigenvalue weighted by Crippen LogP contribution is -2.66. The third-order valence-corrected chi connectivity index (χ3v) is 6.61. The van der Waals surface area contributed by atoms with Crippen LogP contribution < -0.4 is 10.1 Å². The van der Waals surface area contributed by atoms with E-state index in [1.165, 1.54) is 31.4 Å². The van der Waals surface area contributed by atoms with Gasteiger partial charge < -0.3 is 19.7 Å². The van der Waals surface area contributed by atoms with E-state index in [4.69, 9.17) is 9.47 Å². The quantitative estimate of drug-likeness (QED) is 0.699. The van der Waals surface area contributed by atoms with E-state index in [0.717, 1.165) is 11.3 Å². The number of amides is 2. The Morgan fingerprint density at radius 1 is 1.21 bits per heavy atom. The number of carbonyl (C=O) groups is 3. The molecule has 1 aliphatic carbocycles. The lowest BCUT2D eigenvalue weighted by molar-refractivity contribution is -0.191. The second-order valence-corrected chi connectivity index (χ2v) is 9.74. The Kier molecular flexibility index (Phi) is 6.00. The predicted octanol–water partition coefficient (Wildman–Crippen LogP) is 3.39. The summed E-state index contributed by atoms with van der Waals surface area (Å²) in [5, 5.41) is 1.93. The number of halogens is 3. The molecule has 1 aromatic rings. The van der Waals surface area contributed by atoms with Crippen molar-refractivity contribution in [1.82, 2.24) is 10.2 Å². The van der Waals surface area contributed by atoms with Crippen molar-refractivity contribution < 1.29 is 37.0 Å². The minimum absolute atomic E-state index is 0.0223. The van der Waals surface area contributed by atoms with Crippen LogP contribution in [0.3, 0.4) is 0 Å². The van der Waals surface area contributed by atoms with Crippen LogP contribution >= 0.6 is 0 Å². The largest absolute Gasteiger partial charge is 0.497 e. The van der Waals surface area contributed by atoms with Gasteiger partial charge in [-0.15, -0.1) is 0 Å². The third-order valence-electron chi connectivity index (χ3n) is 6.61. The number of hydrogen-bond donors (Lipinski definition) is 1. The van der Waals surface area contributed by atoms with Gasteiger partial charge >= 0.3 is 6.18 Å². The molecule has 0 saturated carbocycles. The molecule has 1 N–H and O–H groups in total. The van der Waals surface area contributed by atoms with E-state index in [1.807, 2.05) is 5.32 Å². The summed E-state index contributed by atoms with van der Waals surface area (Å²) in [5.74, 6) is -2.86. The molecule has 0 radical (unpaired) electrons. The Labute approximate surface area is 195 Å². The van der Waals surface area contributed by atoms with E-state index in [-0.39, 0.29) is 30.6 Å². The maximum atomic E-state index is 14.8. The van der Waals surface area contributed by atoms with Gasteiger partial charge in [-0.2, -0.15) is 13.2 Å². The molecule has 34 heavy (non-hydrogen) atoms. The number of ether oxygens (including phenoxy) is 2. The summed E-state index contributed by atoms with van der Waals surface area (Å²) in [5.41, 5.74) is -4.84. The number of allylic oxidation sites excluding steroid dienone is 1. The van der Waals surface area contributed by atoms with Gasteiger partial charge in [0.05, 0.1) is 25.3 Å². The highest BCUT2D eigenvalue weighted by Gasteiger charge is 2.71. The molecule has 7 nitrogen and oxygen atoms in total. The molecular formula is C24H27F3N2O5. The Morgan fingerprint density at radius 2 is 1.88 bits per heavy atom. The van der Waals surface area contributed by atoms with E-state index in [9.17, 15) is 27.6 Å². The molecule has 0 unspecified atom stereocenters. The predicted molar refractivity (Wildman–Crippen MR) is 115 cm³/mol. The topological polar surface area (TPSA) is 84.9 Å². The maximum Gasteiger partial charge on any atom is 0.425 e. The Morgan fingerprint density at radius 3 is 2.44 bits per heavy atom. The SMILES string of the molecule is COc1ccc(C(=O)N[C@]2(C(F)(F)F)C(=O)N(C[C@H]3CCCO3)C3=C2C(=O)CC(C)(C)C3)cc1. The van der Waals surface area contributed by atoms with Gasteiger partial charge in [0, 0.05) is 24.3 Å². The number of rotatable bonds is 5. The number of nitrogens with zero attached hydrogens (tertiary/aromatic N) is 1. The highest BCUT2D eigenvalue weighted by Crippen LogP contribution is 2.52. The second kappa shape index (κ2) is 8.41. The van der Waals surface area contributed by atoms with Crippen LogP contribution in [0.25, 0.3) is 0 Å². The first-order valence-electron chi connectivity index (χ1n) is 11.1. The molecule has 2 heterocycles. The number of methoxy groups -OCH3 is 1. The van der Waals surface area contributed by atoms with Crippen LogP contribution in [0.5, 0.6) is 5.75 Å². The van der Waals surface area contributed by atoms with Crippen molar-refractivity contribution >= 4 is 17.6 Å². The number of alkyl halides is 3. The number of ketones is 1. The van der Waals surface area contributed by atoms with E-state index >= 15 is 0 Å². The monoisotopic (exact) mass is 480 g/mol. The fraction of sp³-hybridized carbons (Fsp3) is 0.542. The highest BCUT2D eigenvalue weighted by atomic mass is 19.4. The minimum Gasteiger partial charge on any atom is -0.497 e. The van der Waals surface area contributed by atoms with E-state index in [2.05, 4.69) is 0 Å². The average Bonchev–Trinajstić information content (AvgIpc) is 3.34. The van der Waals surface area contributed by atoms with Gasteiger partial charge in [-0.05, 0) is 48.9 Å². The van der Waals surface area contributed by atoms with Gasteiger partial charge in [0.15, 0.2) is 5.78 Å². The first kappa shape index (κ1) is 24.3. The van der Waals surface area contributed by atoms with Crippen LogP contribution in [0.2, 0.25) is 0 Å². The van der Waals surface area contributed by atoms with Crippen molar-refractivity contribution in [2.75, 3.05) is 20.3 Å². The van der Waals surface area contributed by atoms with Crippen LogP contribution in [0.4, 0.5) is 13.2 Å². The molecule has 10 heteroatoms. The molecule has 0 bridgehead atoms. The van der Waals surface area contributed by atoms with Gasteiger partial charge in [0.2, 0.25) is 5.54 Å². The van der Waals surface area contributed by atoms with Crippen LogP contribution in [0, 0.1) is 5.41 Å². The Hall–Kier alpha value is -2.88. The van der Waals surface area contributed by atoms with Gasteiger partial charge in [-0.3, -0.25) is 14.4 Å². The maximum absolute atomic E-state index is 14.8. The van der Waals surface area contributed by atoms with Crippen molar-refractivity contribution in [2.24, 2.45) is 5.41 Å².